The van der Waals surface area contributed by atoms with Crippen LogP contribution in [0.5, 0.6) is 0 Å². The van der Waals surface area contributed by atoms with Crippen molar-refractivity contribution in [3.05, 3.63) is 0 Å². The SMILES string of the molecule is CNC(=O)C(C)(C)CNC(=O)NOCC(=O)O. The van der Waals surface area contributed by atoms with Crippen molar-refractivity contribution in [2.75, 3.05) is 20.2 Å². The Morgan fingerprint density at radius 3 is 2.35 bits per heavy atom. The molecule has 17 heavy (non-hydrogen) atoms. The molecule has 0 aliphatic rings. The van der Waals surface area contributed by atoms with Crippen LogP contribution in [0.1, 0.15) is 13.8 Å². The first-order valence-electron chi connectivity index (χ1n) is 4.89. The Balaban J connectivity index is 3.91. The van der Waals surface area contributed by atoms with Gasteiger partial charge in [-0.2, -0.15) is 0 Å². The maximum Gasteiger partial charge on any atom is 0.338 e. The molecule has 8 heteroatoms. The molecule has 0 unspecified atom stereocenters. The van der Waals surface area contributed by atoms with Crippen LogP contribution in [0, 0.1) is 5.41 Å². The second-order valence-electron chi connectivity index (χ2n) is 3.93. The Bertz CT molecular complexity index is 303. The summed E-state index contributed by atoms with van der Waals surface area (Å²) < 4.78 is 0. The van der Waals surface area contributed by atoms with Gasteiger partial charge < -0.3 is 15.7 Å². The third kappa shape index (κ3) is 6.36. The number of carboxylic acids is 1. The van der Waals surface area contributed by atoms with Gasteiger partial charge in [0.15, 0.2) is 6.61 Å². The Labute approximate surface area is 98.7 Å². The topological polar surface area (TPSA) is 117 Å². The maximum atomic E-state index is 11.4. The largest absolute Gasteiger partial charge is 0.479 e. The summed E-state index contributed by atoms with van der Waals surface area (Å²) in [5.74, 6) is -1.42. The van der Waals surface area contributed by atoms with E-state index in [2.05, 4.69) is 15.5 Å². The smallest absolute Gasteiger partial charge is 0.338 e. The van der Waals surface area contributed by atoms with E-state index in [0.29, 0.717) is 0 Å². The van der Waals surface area contributed by atoms with Crippen LogP contribution in [0.15, 0.2) is 0 Å². The van der Waals surface area contributed by atoms with Crippen LogP contribution in [0.2, 0.25) is 0 Å². The van der Waals surface area contributed by atoms with Crippen molar-refractivity contribution < 1.29 is 24.3 Å². The number of carboxylic acid groups (broad SMARTS) is 1. The molecule has 3 amide bonds. The lowest BCUT2D eigenvalue weighted by molar-refractivity contribution is -0.144. The fraction of sp³-hybridized carbons (Fsp3) is 0.667. The van der Waals surface area contributed by atoms with Gasteiger partial charge in [-0.1, -0.05) is 0 Å². The number of hydrogen-bond acceptors (Lipinski definition) is 4. The van der Waals surface area contributed by atoms with Crippen LogP contribution in [0.25, 0.3) is 0 Å². The number of hydrogen-bond donors (Lipinski definition) is 4. The van der Waals surface area contributed by atoms with Gasteiger partial charge in [-0.25, -0.2) is 15.1 Å². The van der Waals surface area contributed by atoms with E-state index in [-0.39, 0.29) is 12.5 Å². The van der Waals surface area contributed by atoms with E-state index >= 15 is 0 Å². The number of urea groups is 1. The third-order valence-electron chi connectivity index (χ3n) is 1.89. The molecule has 0 spiro atoms. The van der Waals surface area contributed by atoms with E-state index in [1.165, 1.54) is 7.05 Å². The number of amides is 3. The lowest BCUT2D eigenvalue weighted by Gasteiger charge is -2.22. The fourth-order valence-electron chi connectivity index (χ4n) is 0.919. The standard InChI is InChI=1S/C9H17N3O5/c1-9(2,7(15)10-3)5-11-8(16)12-17-4-6(13)14/h4-5H2,1-3H3,(H,10,15)(H,13,14)(H2,11,12,16). The van der Waals surface area contributed by atoms with Crippen molar-refractivity contribution >= 4 is 17.9 Å². The second kappa shape index (κ2) is 6.69. The van der Waals surface area contributed by atoms with Crippen molar-refractivity contribution in [3.63, 3.8) is 0 Å². The fourth-order valence-corrected chi connectivity index (χ4v) is 0.919. The van der Waals surface area contributed by atoms with Crippen LogP contribution in [-0.2, 0) is 14.4 Å². The molecule has 0 fully saturated rings. The zero-order valence-electron chi connectivity index (χ0n) is 9.99. The first-order chi connectivity index (χ1) is 7.79. The summed E-state index contributed by atoms with van der Waals surface area (Å²) in [6.45, 7) is 2.77. The second-order valence-corrected chi connectivity index (χ2v) is 3.93. The van der Waals surface area contributed by atoms with E-state index in [1.807, 2.05) is 5.48 Å². The van der Waals surface area contributed by atoms with Crippen molar-refractivity contribution in [2.45, 2.75) is 13.8 Å². The molecule has 98 valence electrons. The highest BCUT2D eigenvalue weighted by Crippen LogP contribution is 2.12. The van der Waals surface area contributed by atoms with Crippen LogP contribution in [0.4, 0.5) is 4.79 Å². The molecule has 4 N–H and O–H groups in total. The molecule has 0 bridgehead atoms. The molecular weight excluding hydrogens is 230 g/mol. The van der Waals surface area contributed by atoms with Crippen LogP contribution in [-0.4, -0.2) is 43.2 Å². The summed E-state index contributed by atoms with van der Waals surface area (Å²) >= 11 is 0. The summed E-state index contributed by atoms with van der Waals surface area (Å²) in [6, 6.07) is -0.705. The minimum Gasteiger partial charge on any atom is -0.479 e. The summed E-state index contributed by atoms with van der Waals surface area (Å²) in [5, 5.41) is 13.1. The van der Waals surface area contributed by atoms with Gasteiger partial charge in [0.2, 0.25) is 5.91 Å². The summed E-state index contributed by atoms with van der Waals surface area (Å²) in [4.78, 5) is 36.9. The molecule has 0 rings (SSSR count). The highest BCUT2D eigenvalue weighted by molar-refractivity contribution is 5.82. The highest BCUT2D eigenvalue weighted by Gasteiger charge is 2.26. The number of nitrogens with one attached hydrogen (secondary N) is 3. The molecule has 0 aromatic heterocycles. The third-order valence-corrected chi connectivity index (χ3v) is 1.89. The molecule has 0 radical (unpaired) electrons. The van der Waals surface area contributed by atoms with E-state index in [4.69, 9.17) is 5.11 Å². The Morgan fingerprint density at radius 2 is 1.88 bits per heavy atom. The zero-order valence-corrected chi connectivity index (χ0v) is 9.99. The minimum atomic E-state index is -1.20. The van der Waals surface area contributed by atoms with Gasteiger partial charge in [0.25, 0.3) is 0 Å². The number of rotatable bonds is 6. The average Bonchev–Trinajstić information content (AvgIpc) is 2.24. The van der Waals surface area contributed by atoms with Crippen LogP contribution >= 0.6 is 0 Å². The predicted octanol–water partition coefficient (Wildman–Crippen LogP) is -0.926. The number of aliphatic carboxylic acids is 1. The van der Waals surface area contributed by atoms with Gasteiger partial charge in [0, 0.05) is 13.6 Å². The summed E-state index contributed by atoms with van der Waals surface area (Å²) in [5.41, 5.74) is 1.12. The predicted molar refractivity (Wildman–Crippen MR) is 58.0 cm³/mol. The van der Waals surface area contributed by atoms with Crippen molar-refractivity contribution in [2.24, 2.45) is 5.41 Å². The van der Waals surface area contributed by atoms with Gasteiger partial charge in [-0.3, -0.25) is 9.63 Å². The molecule has 0 atom stereocenters. The molecule has 0 aliphatic carbocycles. The van der Waals surface area contributed by atoms with Crippen molar-refractivity contribution in [1.29, 1.82) is 0 Å². The van der Waals surface area contributed by atoms with Gasteiger partial charge in [-0.05, 0) is 13.8 Å². The quantitative estimate of drug-likeness (QED) is 0.453. The van der Waals surface area contributed by atoms with Gasteiger partial charge in [0.05, 0.1) is 5.41 Å². The normalized spacial score (nSPS) is 10.5. The maximum absolute atomic E-state index is 11.4. The minimum absolute atomic E-state index is 0.0922. The molecule has 0 aromatic rings. The first kappa shape index (κ1) is 15.2. The lowest BCUT2D eigenvalue weighted by Crippen LogP contribution is -2.46. The van der Waals surface area contributed by atoms with Crippen LogP contribution in [0.3, 0.4) is 0 Å². The number of carbonyl (C=O) groups excluding carboxylic acids is 2. The average molecular weight is 247 g/mol. The highest BCUT2D eigenvalue weighted by atomic mass is 16.7. The molecule has 0 saturated carbocycles. The number of carbonyl (C=O) groups is 3. The molecular formula is C9H17N3O5. The molecule has 0 aromatic carbocycles. The van der Waals surface area contributed by atoms with Gasteiger partial charge in [0.1, 0.15) is 0 Å². The van der Waals surface area contributed by atoms with Crippen molar-refractivity contribution in [3.8, 4) is 0 Å². The first-order valence-corrected chi connectivity index (χ1v) is 4.89. The van der Waals surface area contributed by atoms with E-state index in [0.717, 1.165) is 0 Å². The Morgan fingerprint density at radius 1 is 1.29 bits per heavy atom. The molecule has 8 nitrogen and oxygen atoms in total. The monoisotopic (exact) mass is 247 g/mol. The van der Waals surface area contributed by atoms with Gasteiger partial charge in [-0.15, -0.1) is 0 Å². The Kier molecular flexibility index (Phi) is 5.97. The Hall–Kier alpha value is -1.83. The number of hydroxylamine groups is 1. The lowest BCUT2D eigenvalue weighted by atomic mass is 9.92. The van der Waals surface area contributed by atoms with Gasteiger partial charge >= 0.3 is 12.0 Å². The van der Waals surface area contributed by atoms with E-state index in [9.17, 15) is 14.4 Å². The molecule has 0 saturated heterocycles. The van der Waals surface area contributed by atoms with E-state index < -0.39 is 24.0 Å². The summed E-state index contributed by atoms with van der Waals surface area (Å²) in [6.07, 6.45) is 0. The van der Waals surface area contributed by atoms with Crippen molar-refractivity contribution in [1.82, 2.24) is 16.1 Å². The summed E-state index contributed by atoms with van der Waals surface area (Å²) in [7, 11) is 1.50. The zero-order chi connectivity index (χ0) is 13.5. The van der Waals surface area contributed by atoms with Crippen LogP contribution < -0.4 is 16.1 Å². The molecule has 0 aliphatic heterocycles. The van der Waals surface area contributed by atoms with E-state index in [1.54, 1.807) is 13.8 Å². The molecule has 0 heterocycles.